The van der Waals surface area contributed by atoms with Crippen LogP contribution in [0.1, 0.15) is 32.0 Å². The number of hydrogen-bond donors (Lipinski definition) is 1. The first-order valence-corrected chi connectivity index (χ1v) is 10.1. The SMILES string of the molecule is C=CCN1C(=O)/C(=C/c2ccc(-c3nc(C(C)(C)C)cs3)cc2)C(=O)NC1=S. The lowest BCUT2D eigenvalue weighted by atomic mass is 9.93. The van der Waals surface area contributed by atoms with Crippen LogP contribution in [0.25, 0.3) is 16.6 Å². The Labute approximate surface area is 173 Å². The molecule has 0 saturated carbocycles. The van der Waals surface area contributed by atoms with Gasteiger partial charge in [-0.3, -0.25) is 19.8 Å². The van der Waals surface area contributed by atoms with Crippen LogP contribution in [0.4, 0.5) is 0 Å². The normalized spacial score (nSPS) is 16.5. The van der Waals surface area contributed by atoms with Crippen LogP contribution >= 0.6 is 23.6 Å². The molecule has 1 aromatic heterocycles. The molecule has 0 radical (unpaired) electrons. The molecule has 28 heavy (non-hydrogen) atoms. The number of carbonyl (C=O) groups excluding carboxylic acids is 2. The van der Waals surface area contributed by atoms with Crippen LogP contribution in [0.15, 0.2) is 47.9 Å². The zero-order valence-electron chi connectivity index (χ0n) is 16.0. The number of carbonyl (C=O) groups is 2. The molecule has 1 N–H and O–H groups in total. The van der Waals surface area contributed by atoms with E-state index in [-0.39, 0.29) is 22.6 Å². The number of amides is 2. The van der Waals surface area contributed by atoms with Gasteiger partial charge >= 0.3 is 0 Å². The third-order valence-corrected chi connectivity index (χ3v) is 5.45. The molecule has 0 aliphatic carbocycles. The van der Waals surface area contributed by atoms with Gasteiger partial charge in [-0.25, -0.2) is 4.98 Å². The molecular formula is C21H21N3O2S2. The number of benzene rings is 1. The highest BCUT2D eigenvalue weighted by atomic mass is 32.1. The summed E-state index contributed by atoms with van der Waals surface area (Å²) >= 11 is 6.66. The molecular weight excluding hydrogens is 390 g/mol. The van der Waals surface area contributed by atoms with Gasteiger partial charge < -0.3 is 0 Å². The minimum Gasteiger partial charge on any atom is -0.298 e. The van der Waals surface area contributed by atoms with E-state index in [1.807, 2.05) is 24.3 Å². The average molecular weight is 412 g/mol. The number of nitrogens with zero attached hydrogens (tertiary/aromatic N) is 2. The van der Waals surface area contributed by atoms with Crippen LogP contribution in [-0.4, -0.2) is 33.4 Å². The number of aromatic nitrogens is 1. The zero-order valence-corrected chi connectivity index (χ0v) is 17.6. The third kappa shape index (κ3) is 4.10. The number of nitrogens with one attached hydrogen (secondary N) is 1. The highest BCUT2D eigenvalue weighted by Gasteiger charge is 2.32. The molecule has 2 heterocycles. The zero-order chi connectivity index (χ0) is 20.5. The molecule has 3 rings (SSSR count). The van der Waals surface area contributed by atoms with Crippen molar-refractivity contribution < 1.29 is 9.59 Å². The lowest BCUT2D eigenvalue weighted by molar-refractivity contribution is -0.128. The second-order valence-electron chi connectivity index (χ2n) is 7.43. The van der Waals surface area contributed by atoms with Crippen LogP contribution in [-0.2, 0) is 15.0 Å². The van der Waals surface area contributed by atoms with Crippen LogP contribution in [0, 0.1) is 0 Å². The summed E-state index contributed by atoms with van der Waals surface area (Å²) in [6.45, 7) is 10.3. The monoisotopic (exact) mass is 411 g/mol. The van der Waals surface area contributed by atoms with Crippen molar-refractivity contribution >= 4 is 46.6 Å². The molecule has 7 heteroatoms. The van der Waals surface area contributed by atoms with Gasteiger partial charge in [0.05, 0.1) is 5.69 Å². The van der Waals surface area contributed by atoms with Crippen molar-refractivity contribution in [1.29, 1.82) is 0 Å². The van der Waals surface area contributed by atoms with Gasteiger partial charge in [0, 0.05) is 22.9 Å². The molecule has 1 aromatic carbocycles. The standard InChI is InChI=1S/C21H21N3O2S2/c1-5-10-24-19(26)15(17(25)23-20(24)27)11-13-6-8-14(9-7-13)18-22-16(12-28-18)21(2,3)4/h5-9,11-12H,1,10H2,2-4H3,(H,23,25,27)/b15-11+. The Morgan fingerprint density at radius 1 is 1.25 bits per heavy atom. The third-order valence-electron chi connectivity index (χ3n) is 4.24. The average Bonchev–Trinajstić information content (AvgIpc) is 3.13. The molecule has 1 aliphatic heterocycles. The van der Waals surface area contributed by atoms with E-state index in [2.05, 4.69) is 38.0 Å². The Morgan fingerprint density at radius 2 is 1.93 bits per heavy atom. The van der Waals surface area contributed by atoms with Gasteiger partial charge in [0.1, 0.15) is 10.6 Å². The Hall–Kier alpha value is -2.64. The van der Waals surface area contributed by atoms with Crippen LogP contribution in [0.3, 0.4) is 0 Å². The van der Waals surface area contributed by atoms with E-state index in [1.165, 1.54) is 4.90 Å². The van der Waals surface area contributed by atoms with Crippen molar-refractivity contribution in [1.82, 2.24) is 15.2 Å². The fourth-order valence-electron chi connectivity index (χ4n) is 2.63. The quantitative estimate of drug-likeness (QED) is 0.358. The fraction of sp³-hybridized carbons (Fsp3) is 0.238. The summed E-state index contributed by atoms with van der Waals surface area (Å²) in [4.78, 5) is 30.8. The highest BCUT2D eigenvalue weighted by Crippen LogP contribution is 2.30. The molecule has 1 saturated heterocycles. The molecule has 144 valence electrons. The molecule has 0 unspecified atom stereocenters. The first-order valence-electron chi connectivity index (χ1n) is 8.77. The maximum absolute atomic E-state index is 12.6. The lowest BCUT2D eigenvalue weighted by Crippen LogP contribution is -2.53. The maximum Gasteiger partial charge on any atom is 0.265 e. The molecule has 2 aromatic rings. The smallest absolute Gasteiger partial charge is 0.265 e. The van der Waals surface area contributed by atoms with Gasteiger partial charge in [-0.2, -0.15) is 0 Å². The number of hydrogen-bond acceptors (Lipinski definition) is 5. The molecule has 5 nitrogen and oxygen atoms in total. The molecule has 0 spiro atoms. The van der Waals surface area contributed by atoms with Crippen molar-refractivity contribution in [2.24, 2.45) is 0 Å². The van der Waals surface area contributed by atoms with Gasteiger partial charge in [0.25, 0.3) is 11.8 Å². The van der Waals surface area contributed by atoms with Crippen molar-refractivity contribution in [2.75, 3.05) is 6.54 Å². The Morgan fingerprint density at radius 3 is 2.50 bits per heavy atom. The van der Waals surface area contributed by atoms with E-state index in [1.54, 1.807) is 23.5 Å². The summed E-state index contributed by atoms with van der Waals surface area (Å²) < 4.78 is 0. The summed E-state index contributed by atoms with van der Waals surface area (Å²) in [6, 6.07) is 7.61. The van der Waals surface area contributed by atoms with Crippen LogP contribution in [0.2, 0.25) is 0 Å². The van der Waals surface area contributed by atoms with Gasteiger partial charge in [-0.05, 0) is 23.9 Å². The number of rotatable bonds is 4. The number of thiazole rings is 1. The Bertz CT molecular complexity index is 982. The van der Waals surface area contributed by atoms with Crippen molar-refractivity contribution in [2.45, 2.75) is 26.2 Å². The molecule has 0 atom stereocenters. The van der Waals surface area contributed by atoms with Crippen molar-refractivity contribution in [3.05, 3.63) is 59.1 Å². The van der Waals surface area contributed by atoms with E-state index in [0.29, 0.717) is 0 Å². The minimum absolute atomic E-state index is 0.00566. The predicted octanol–water partition coefficient (Wildman–Crippen LogP) is 3.92. The predicted molar refractivity (Wildman–Crippen MR) is 117 cm³/mol. The fourth-order valence-corrected chi connectivity index (χ4v) is 3.93. The van der Waals surface area contributed by atoms with E-state index in [4.69, 9.17) is 17.2 Å². The van der Waals surface area contributed by atoms with E-state index in [0.717, 1.165) is 21.8 Å². The van der Waals surface area contributed by atoms with E-state index >= 15 is 0 Å². The largest absolute Gasteiger partial charge is 0.298 e. The van der Waals surface area contributed by atoms with Gasteiger partial charge in [-0.1, -0.05) is 51.1 Å². The summed E-state index contributed by atoms with van der Waals surface area (Å²) in [5.41, 5.74) is 2.86. The van der Waals surface area contributed by atoms with Crippen LogP contribution in [0.5, 0.6) is 0 Å². The first-order chi connectivity index (χ1) is 13.2. The molecule has 0 bridgehead atoms. The lowest BCUT2D eigenvalue weighted by Gasteiger charge is -2.27. The minimum atomic E-state index is -0.492. The van der Waals surface area contributed by atoms with Crippen molar-refractivity contribution in [3.8, 4) is 10.6 Å². The molecule has 1 aliphatic rings. The number of thiocarbonyl (C=S) groups is 1. The second kappa shape index (κ2) is 7.77. The molecule has 1 fully saturated rings. The van der Waals surface area contributed by atoms with Gasteiger partial charge in [0.2, 0.25) is 0 Å². The Balaban J connectivity index is 1.86. The summed E-state index contributed by atoms with van der Waals surface area (Å²) in [7, 11) is 0. The van der Waals surface area contributed by atoms with Crippen LogP contribution < -0.4 is 5.32 Å². The summed E-state index contributed by atoms with van der Waals surface area (Å²) in [6.07, 6.45) is 3.13. The van der Waals surface area contributed by atoms with E-state index < -0.39 is 11.8 Å². The summed E-state index contributed by atoms with van der Waals surface area (Å²) in [5.74, 6) is -0.915. The van der Waals surface area contributed by atoms with Gasteiger partial charge in [-0.15, -0.1) is 17.9 Å². The highest BCUT2D eigenvalue weighted by molar-refractivity contribution is 7.80. The molecule has 2 amide bonds. The first kappa shape index (κ1) is 20.1. The van der Waals surface area contributed by atoms with Crippen molar-refractivity contribution in [3.63, 3.8) is 0 Å². The Kier molecular flexibility index (Phi) is 5.58. The summed E-state index contributed by atoms with van der Waals surface area (Å²) in [5, 5.41) is 5.66. The second-order valence-corrected chi connectivity index (χ2v) is 8.68. The van der Waals surface area contributed by atoms with E-state index in [9.17, 15) is 9.59 Å². The topological polar surface area (TPSA) is 62.3 Å². The maximum atomic E-state index is 12.6. The van der Waals surface area contributed by atoms with Gasteiger partial charge in [0.15, 0.2) is 5.11 Å².